The molecular formula is C7H13O3. The Morgan fingerprint density at radius 1 is 1.50 bits per heavy atom. The third-order valence-corrected chi connectivity index (χ3v) is 1.52. The first-order chi connectivity index (χ1) is 4.93. The maximum absolute atomic E-state index is 9.99. The largest absolute Gasteiger partial charge is 0.353 e. The fraction of sp³-hybridized carbons (Fsp3) is 1.00. The monoisotopic (exact) mass is 145 g/mol. The van der Waals surface area contributed by atoms with E-state index in [0.717, 1.165) is 25.9 Å². The maximum atomic E-state index is 9.99. The minimum Gasteiger partial charge on any atom is -0.353 e. The van der Waals surface area contributed by atoms with E-state index in [2.05, 4.69) is 0 Å². The Balaban J connectivity index is 2.02. The van der Waals surface area contributed by atoms with Crippen LogP contribution in [-0.2, 0) is 14.6 Å². The first-order valence-electron chi connectivity index (χ1n) is 3.75. The predicted molar refractivity (Wildman–Crippen MR) is 35.1 cm³/mol. The average Bonchev–Trinajstić information content (AvgIpc) is 2.03. The predicted octanol–water partition coefficient (Wildman–Crippen LogP) is 0.960. The molecule has 0 aromatic rings. The molecule has 10 heavy (non-hydrogen) atoms. The van der Waals surface area contributed by atoms with Crippen molar-refractivity contribution in [2.75, 3.05) is 19.8 Å². The van der Waals surface area contributed by atoms with Gasteiger partial charge in [-0.05, 0) is 19.3 Å². The Hall–Kier alpha value is -0.120. The Bertz CT molecular complexity index is 78.9. The van der Waals surface area contributed by atoms with Crippen LogP contribution in [0.15, 0.2) is 0 Å². The summed E-state index contributed by atoms with van der Waals surface area (Å²) in [6.45, 7) is 0.897. The van der Waals surface area contributed by atoms with E-state index in [9.17, 15) is 5.11 Å². The van der Waals surface area contributed by atoms with E-state index in [4.69, 9.17) is 9.47 Å². The molecule has 1 aliphatic rings. The van der Waals surface area contributed by atoms with Gasteiger partial charge in [0.05, 0.1) is 6.61 Å². The Morgan fingerprint density at radius 3 is 3.00 bits per heavy atom. The molecule has 0 aromatic carbocycles. The van der Waals surface area contributed by atoms with Gasteiger partial charge in [-0.2, -0.15) is 0 Å². The highest BCUT2D eigenvalue weighted by Crippen LogP contribution is 2.12. The summed E-state index contributed by atoms with van der Waals surface area (Å²) in [6, 6.07) is 0. The molecule has 1 atom stereocenters. The van der Waals surface area contributed by atoms with Gasteiger partial charge in [0.2, 0.25) is 0 Å². The van der Waals surface area contributed by atoms with Crippen LogP contribution in [0.2, 0.25) is 0 Å². The molecule has 0 spiro atoms. The molecule has 1 aliphatic heterocycles. The summed E-state index contributed by atoms with van der Waals surface area (Å²) in [6.07, 6.45) is 3.13. The van der Waals surface area contributed by atoms with Crippen LogP contribution in [0.3, 0.4) is 0 Å². The molecular weight excluding hydrogens is 132 g/mol. The number of hydrogen-bond acceptors (Lipinski definition) is 2. The Morgan fingerprint density at radius 2 is 2.40 bits per heavy atom. The SMILES string of the molecule is [O]CCOC1CCCCO1. The summed E-state index contributed by atoms with van der Waals surface area (Å²) in [7, 11) is 0. The van der Waals surface area contributed by atoms with Crippen LogP contribution < -0.4 is 0 Å². The maximum Gasteiger partial charge on any atom is 0.157 e. The number of rotatable bonds is 3. The first kappa shape index (κ1) is 7.98. The second-order valence-electron chi connectivity index (χ2n) is 2.37. The molecule has 0 N–H and O–H groups in total. The molecule has 1 saturated heterocycles. The summed E-state index contributed by atoms with van der Waals surface area (Å²) in [5, 5.41) is 9.99. The second kappa shape index (κ2) is 4.66. The van der Waals surface area contributed by atoms with Gasteiger partial charge in [-0.15, -0.1) is 0 Å². The lowest BCUT2D eigenvalue weighted by molar-refractivity contribution is -0.168. The van der Waals surface area contributed by atoms with Crippen molar-refractivity contribution in [1.29, 1.82) is 0 Å². The molecule has 59 valence electrons. The highest BCUT2D eigenvalue weighted by atomic mass is 16.7. The topological polar surface area (TPSA) is 38.4 Å². The normalized spacial score (nSPS) is 26.7. The standard InChI is InChI=1S/C7H13O3/c8-4-6-10-7-3-1-2-5-9-7/h7H,1-6H2. The van der Waals surface area contributed by atoms with Crippen molar-refractivity contribution in [2.24, 2.45) is 0 Å². The molecule has 3 heteroatoms. The van der Waals surface area contributed by atoms with Crippen LogP contribution in [0.25, 0.3) is 0 Å². The first-order valence-corrected chi connectivity index (χ1v) is 3.75. The molecule has 0 amide bonds. The lowest BCUT2D eigenvalue weighted by Crippen LogP contribution is -2.23. The summed E-state index contributed by atoms with van der Waals surface area (Å²) in [5.74, 6) is 0. The zero-order chi connectivity index (χ0) is 7.23. The molecule has 3 nitrogen and oxygen atoms in total. The number of hydrogen-bond donors (Lipinski definition) is 0. The molecule has 0 aromatic heterocycles. The highest BCUT2D eigenvalue weighted by molar-refractivity contribution is 4.53. The van der Waals surface area contributed by atoms with Gasteiger partial charge >= 0.3 is 0 Å². The molecule has 0 saturated carbocycles. The average molecular weight is 145 g/mol. The fourth-order valence-electron chi connectivity index (χ4n) is 1.02. The van der Waals surface area contributed by atoms with Crippen molar-refractivity contribution in [3.8, 4) is 0 Å². The van der Waals surface area contributed by atoms with E-state index in [0.29, 0.717) is 0 Å². The lowest BCUT2D eigenvalue weighted by atomic mass is 10.2. The van der Waals surface area contributed by atoms with Crippen LogP contribution in [0, 0.1) is 0 Å². The molecule has 1 fully saturated rings. The summed E-state index contributed by atoms with van der Waals surface area (Å²) >= 11 is 0. The van der Waals surface area contributed by atoms with Crippen LogP contribution in [0.4, 0.5) is 0 Å². The Kier molecular flexibility index (Phi) is 3.72. The second-order valence-corrected chi connectivity index (χ2v) is 2.37. The van der Waals surface area contributed by atoms with Crippen molar-refractivity contribution in [2.45, 2.75) is 25.6 Å². The van der Waals surface area contributed by atoms with E-state index in [1.165, 1.54) is 0 Å². The van der Waals surface area contributed by atoms with Gasteiger partial charge in [-0.25, -0.2) is 5.11 Å². The lowest BCUT2D eigenvalue weighted by Gasteiger charge is -2.21. The molecule has 1 unspecified atom stereocenters. The minimum absolute atomic E-state index is 0.0947. The van der Waals surface area contributed by atoms with E-state index in [-0.39, 0.29) is 19.5 Å². The zero-order valence-corrected chi connectivity index (χ0v) is 6.04. The van der Waals surface area contributed by atoms with Crippen molar-refractivity contribution < 1.29 is 14.6 Å². The van der Waals surface area contributed by atoms with E-state index >= 15 is 0 Å². The highest BCUT2D eigenvalue weighted by Gasteiger charge is 2.12. The van der Waals surface area contributed by atoms with E-state index < -0.39 is 0 Å². The van der Waals surface area contributed by atoms with Gasteiger partial charge in [0.25, 0.3) is 0 Å². The van der Waals surface area contributed by atoms with Crippen LogP contribution >= 0.6 is 0 Å². The molecule has 0 bridgehead atoms. The quantitative estimate of drug-likeness (QED) is 0.593. The fourth-order valence-corrected chi connectivity index (χ4v) is 1.02. The summed E-state index contributed by atoms with van der Waals surface area (Å²) in [4.78, 5) is 0. The van der Waals surface area contributed by atoms with Gasteiger partial charge < -0.3 is 9.47 Å². The number of ether oxygens (including phenoxy) is 2. The third-order valence-electron chi connectivity index (χ3n) is 1.52. The zero-order valence-electron chi connectivity index (χ0n) is 6.04. The summed E-state index contributed by atoms with van der Waals surface area (Å²) < 4.78 is 10.3. The summed E-state index contributed by atoms with van der Waals surface area (Å²) in [5.41, 5.74) is 0. The Labute approximate surface area is 60.9 Å². The smallest absolute Gasteiger partial charge is 0.157 e. The van der Waals surface area contributed by atoms with Gasteiger partial charge in [-0.3, -0.25) is 0 Å². The van der Waals surface area contributed by atoms with E-state index in [1.54, 1.807) is 0 Å². The molecule has 0 aliphatic carbocycles. The van der Waals surface area contributed by atoms with Gasteiger partial charge in [-0.1, -0.05) is 0 Å². The molecule has 1 rings (SSSR count). The van der Waals surface area contributed by atoms with Crippen LogP contribution in [0.1, 0.15) is 19.3 Å². The molecule has 1 radical (unpaired) electrons. The molecule has 1 heterocycles. The van der Waals surface area contributed by atoms with Gasteiger partial charge in [0.1, 0.15) is 6.61 Å². The van der Waals surface area contributed by atoms with Crippen molar-refractivity contribution in [3.63, 3.8) is 0 Å². The van der Waals surface area contributed by atoms with Crippen molar-refractivity contribution >= 4 is 0 Å². The van der Waals surface area contributed by atoms with Crippen molar-refractivity contribution in [1.82, 2.24) is 0 Å². The van der Waals surface area contributed by atoms with Gasteiger partial charge in [0.15, 0.2) is 6.29 Å². The van der Waals surface area contributed by atoms with Crippen molar-refractivity contribution in [3.05, 3.63) is 0 Å². The van der Waals surface area contributed by atoms with Gasteiger partial charge in [0, 0.05) is 6.61 Å². The van der Waals surface area contributed by atoms with Crippen LogP contribution in [0.5, 0.6) is 0 Å². The van der Waals surface area contributed by atoms with E-state index in [1.807, 2.05) is 0 Å². The minimum atomic E-state index is -0.167. The third kappa shape index (κ3) is 2.64. The van der Waals surface area contributed by atoms with Crippen LogP contribution in [-0.4, -0.2) is 26.1 Å².